The Morgan fingerprint density at radius 3 is 2.38 bits per heavy atom. The molecule has 1 saturated carbocycles. The highest BCUT2D eigenvalue weighted by atomic mass is 16.6. The van der Waals surface area contributed by atoms with Crippen molar-refractivity contribution in [3.8, 4) is 5.75 Å². The van der Waals surface area contributed by atoms with Crippen LogP contribution in [-0.4, -0.2) is 40.5 Å². The van der Waals surface area contributed by atoms with Gasteiger partial charge >= 0.3 is 6.09 Å². The van der Waals surface area contributed by atoms with Gasteiger partial charge in [0.15, 0.2) is 0 Å². The van der Waals surface area contributed by atoms with E-state index in [2.05, 4.69) is 0 Å². The lowest BCUT2D eigenvalue weighted by molar-refractivity contribution is -0.00843. The molecule has 1 amide bonds. The van der Waals surface area contributed by atoms with Crippen molar-refractivity contribution in [3.63, 3.8) is 0 Å². The molecule has 2 aliphatic rings. The van der Waals surface area contributed by atoms with Crippen molar-refractivity contribution in [1.29, 1.82) is 0 Å². The lowest BCUT2D eigenvalue weighted by atomic mass is 9.93. The molecule has 1 aromatic carbocycles. The first-order chi connectivity index (χ1) is 12.3. The van der Waals surface area contributed by atoms with Gasteiger partial charge in [-0.2, -0.15) is 0 Å². The smallest absolute Gasteiger partial charge is 0.410 e. The molecule has 1 aliphatic heterocycles. The number of piperidine rings is 1. The van der Waals surface area contributed by atoms with Crippen LogP contribution in [0.3, 0.4) is 0 Å². The van der Waals surface area contributed by atoms with Crippen LogP contribution in [0.5, 0.6) is 5.75 Å². The van der Waals surface area contributed by atoms with Crippen LogP contribution in [0.4, 0.5) is 4.79 Å². The number of rotatable bonds is 3. The molecule has 1 aliphatic carbocycles. The van der Waals surface area contributed by atoms with Crippen molar-refractivity contribution >= 4 is 6.09 Å². The third-order valence-corrected chi connectivity index (χ3v) is 5.07. The third-order valence-electron chi connectivity index (χ3n) is 5.07. The number of aliphatic hydroxyl groups is 1. The molecule has 5 nitrogen and oxygen atoms in total. The van der Waals surface area contributed by atoms with E-state index >= 15 is 0 Å². The molecule has 0 radical (unpaired) electrons. The van der Waals surface area contributed by atoms with E-state index in [-0.39, 0.29) is 12.1 Å². The summed E-state index contributed by atoms with van der Waals surface area (Å²) in [5.74, 6) is 0.876. The largest absolute Gasteiger partial charge is 0.490 e. The summed E-state index contributed by atoms with van der Waals surface area (Å²) in [6.07, 6.45) is 5.47. The fourth-order valence-corrected chi connectivity index (χ4v) is 3.77. The highest BCUT2D eigenvalue weighted by Crippen LogP contribution is 2.34. The number of benzene rings is 1. The second-order valence-corrected chi connectivity index (χ2v) is 8.46. The van der Waals surface area contributed by atoms with E-state index < -0.39 is 11.7 Å². The van der Waals surface area contributed by atoms with Crippen LogP contribution in [-0.2, 0) is 4.74 Å². The minimum absolute atomic E-state index is 0.172. The molecule has 1 heterocycles. The number of amides is 1. The second kappa shape index (κ2) is 7.87. The zero-order chi connectivity index (χ0) is 18.7. The fraction of sp³-hybridized carbons (Fsp3) is 0.667. The highest BCUT2D eigenvalue weighted by Gasteiger charge is 2.34. The molecule has 144 valence electrons. The first kappa shape index (κ1) is 19.0. The van der Waals surface area contributed by atoms with Crippen LogP contribution in [0.1, 0.15) is 70.9 Å². The SMILES string of the molecule is CC(C)(C)OC(=O)N1CCC(O)CC1c1ccc(OC2CCCC2)cc1. The number of hydrogen-bond acceptors (Lipinski definition) is 4. The van der Waals surface area contributed by atoms with E-state index in [1.54, 1.807) is 4.90 Å². The summed E-state index contributed by atoms with van der Waals surface area (Å²) in [6.45, 7) is 6.11. The van der Waals surface area contributed by atoms with Crippen molar-refractivity contribution < 1.29 is 19.4 Å². The number of aliphatic hydroxyl groups excluding tert-OH is 1. The monoisotopic (exact) mass is 361 g/mol. The summed E-state index contributed by atoms with van der Waals surface area (Å²) in [6, 6.07) is 7.78. The summed E-state index contributed by atoms with van der Waals surface area (Å²) < 4.78 is 11.6. The molecule has 3 rings (SSSR count). The number of hydrogen-bond donors (Lipinski definition) is 1. The maximum atomic E-state index is 12.6. The molecule has 1 saturated heterocycles. The normalized spacial score (nSPS) is 24.5. The molecule has 2 unspecified atom stereocenters. The van der Waals surface area contributed by atoms with E-state index in [1.165, 1.54) is 12.8 Å². The maximum Gasteiger partial charge on any atom is 0.410 e. The maximum absolute atomic E-state index is 12.6. The van der Waals surface area contributed by atoms with E-state index in [0.29, 0.717) is 25.5 Å². The van der Waals surface area contributed by atoms with Gasteiger partial charge < -0.3 is 19.5 Å². The first-order valence-corrected chi connectivity index (χ1v) is 9.76. The molecule has 0 aromatic heterocycles. The lowest BCUT2D eigenvalue weighted by Gasteiger charge is -2.38. The molecule has 2 fully saturated rings. The lowest BCUT2D eigenvalue weighted by Crippen LogP contribution is -2.44. The van der Waals surface area contributed by atoms with Crippen LogP contribution in [0.2, 0.25) is 0 Å². The highest BCUT2D eigenvalue weighted by molar-refractivity contribution is 5.69. The number of ether oxygens (including phenoxy) is 2. The summed E-state index contributed by atoms with van der Waals surface area (Å²) in [4.78, 5) is 14.3. The van der Waals surface area contributed by atoms with Crippen molar-refractivity contribution in [2.75, 3.05) is 6.54 Å². The van der Waals surface area contributed by atoms with Crippen molar-refractivity contribution in [1.82, 2.24) is 4.90 Å². The Morgan fingerprint density at radius 2 is 1.77 bits per heavy atom. The molecular formula is C21H31NO4. The molecule has 1 N–H and O–H groups in total. The Bertz CT molecular complexity index is 601. The Morgan fingerprint density at radius 1 is 1.12 bits per heavy atom. The molecule has 26 heavy (non-hydrogen) atoms. The van der Waals surface area contributed by atoms with Crippen LogP contribution in [0, 0.1) is 0 Å². The number of likely N-dealkylation sites (tertiary alicyclic amines) is 1. The fourth-order valence-electron chi connectivity index (χ4n) is 3.77. The molecule has 0 bridgehead atoms. The van der Waals surface area contributed by atoms with Crippen LogP contribution in [0.25, 0.3) is 0 Å². The van der Waals surface area contributed by atoms with Crippen molar-refractivity contribution in [3.05, 3.63) is 29.8 Å². The van der Waals surface area contributed by atoms with Gasteiger partial charge in [-0.3, -0.25) is 0 Å². The first-order valence-electron chi connectivity index (χ1n) is 9.76. The van der Waals surface area contributed by atoms with Gasteiger partial charge in [0.1, 0.15) is 11.4 Å². The summed E-state index contributed by atoms with van der Waals surface area (Å²) in [5.41, 5.74) is 0.477. The van der Waals surface area contributed by atoms with Crippen molar-refractivity contribution in [2.24, 2.45) is 0 Å². The molecule has 0 spiro atoms. The average Bonchev–Trinajstić information content (AvgIpc) is 3.07. The Labute approximate surface area is 156 Å². The Hall–Kier alpha value is -1.75. The minimum Gasteiger partial charge on any atom is -0.490 e. The van der Waals surface area contributed by atoms with Crippen LogP contribution < -0.4 is 4.74 Å². The number of carbonyl (C=O) groups excluding carboxylic acids is 1. The topological polar surface area (TPSA) is 59.0 Å². The van der Waals surface area contributed by atoms with Crippen LogP contribution in [0.15, 0.2) is 24.3 Å². The summed E-state index contributed by atoms with van der Waals surface area (Å²) in [5, 5.41) is 10.1. The van der Waals surface area contributed by atoms with Gasteiger partial charge in [0.2, 0.25) is 0 Å². The van der Waals surface area contributed by atoms with Gasteiger partial charge in [-0.15, -0.1) is 0 Å². The predicted octanol–water partition coefficient (Wildman–Crippen LogP) is 4.44. The van der Waals surface area contributed by atoms with Gasteiger partial charge in [-0.1, -0.05) is 12.1 Å². The Kier molecular flexibility index (Phi) is 5.76. The van der Waals surface area contributed by atoms with Gasteiger partial charge in [-0.25, -0.2) is 4.79 Å². The quantitative estimate of drug-likeness (QED) is 0.864. The van der Waals surface area contributed by atoms with Gasteiger partial charge in [0.25, 0.3) is 0 Å². The van der Waals surface area contributed by atoms with Gasteiger partial charge in [0.05, 0.1) is 18.2 Å². The number of carbonyl (C=O) groups is 1. The van der Waals surface area contributed by atoms with Crippen LogP contribution >= 0.6 is 0 Å². The summed E-state index contributed by atoms with van der Waals surface area (Å²) >= 11 is 0. The Balaban J connectivity index is 1.71. The number of nitrogens with zero attached hydrogens (tertiary/aromatic N) is 1. The zero-order valence-corrected chi connectivity index (χ0v) is 16.1. The van der Waals surface area contributed by atoms with Crippen molar-refractivity contribution in [2.45, 2.75) is 83.1 Å². The van der Waals surface area contributed by atoms with Gasteiger partial charge in [-0.05, 0) is 77.0 Å². The molecule has 2 atom stereocenters. The van der Waals surface area contributed by atoms with Gasteiger partial charge in [0, 0.05) is 6.54 Å². The molecular weight excluding hydrogens is 330 g/mol. The minimum atomic E-state index is -0.531. The molecule has 5 heteroatoms. The second-order valence-electron chi connectivity index (χ2n) is 8.46. The molecule has 1 aromatic rings. The summed E-state index contributed by atoms with van der Waals surface area (Å²) in [7, 11) is 0. The predicted molar refractivity (Wildman–Crippen MR) is 100 cm³/mol. The standard InChI is InChI=1S/C21H31NO4/c1-21(2,3)26-20(24)22-13-12-16(23)14-19(22)15-8-10-18(11-9-15)25-17-6-4-5-7-17/h8-11,16-17,19,23H,4-7,12-14H2,1-3H3. The van der Waals surface area contributed by atoms with E-state index in [0.717, 1.165) is 24.2 Å². The average molecular weight is 361 g/mol. The van der Waals surface area contributed by atoms with E-state index in [1.807, 2.05) is 45.0 Å². The third kappa shape index (κ3) is 4.91. The van der Waals surface area contributed by atoms with E-state index in [9.17, 15) is 9.90 Å². The zero-order valence-electron chi connectivity index (χ0n) is 16.1. The van der Waals surface area contributed by atoms with E-state index in [4.69, 9.17) is 9.47 Å².